The number of rotatable bonds is 1. The Labute approximate surface area is 222 Å². The summed E-state index contributed by atoms with van der Waals surface area (Å²) in [5.41, 5.74) is -0.406. The van der Waals surface area contributed by atoms with Crippen LogP contribution >= 0.6 is 11.3 Å². The van der Waals surface area contributed by atoms with Crippen LogP contribution in [0, 0.1) is 0 Å². The van der Waals surface area contributed by atoms with E-state index in [0.717, 1.165) is 16.0 Å². The van der Waals surface area contributed by atoms with Crippen LogP contribution in [0.1, 0.15) is 31.5 Å². The maximum atomic E-state index is 13.4. The maximum absolute atomic E-state index is 13.4. The fourth-order valence-electron chi connectivity index (χ4n) is 4.63. The number of alkyl halides is 3. The number of hydrogen-bond donors (Lipinski definition) is 1. The molecule has 1 N–H and O–H groups in total. The average molecular weight is 563 g/mol. The lowest BCUT2D eigenvalue weighted by Crippen LogP contribution is -2.44. The zero-order chi connectivity index (χ0) is 27.3. The summed E-state index contributed by atoms with van der Waals surface area (Å²) in [5, 5.41) is 14.5. The van der Waals surface area contributed by atoms with Gasteiger partial charge in [0.15, 0.2) is 17.1 Å². The predicted octanol–water partition coefficient (Wildman–Crippen LogP) is 1.87. The van der Waals surface area contributed by atoms with Crippen molar-refractivity contribution >= 4 is 33.4 Å². The molecular formula is C23H21F3N8O4S. The van der Waals surface area contributed by atoms with E-state index in [1.807, 2.05) is 0 Å². The van der Waals surface area contributed by atoms with E-state index in [-0.39, 0.29) is 52.8 Å². The molecule has 4 aromatic rings. The van der Waals surface area contributed by atoms with Gasteiger partial charge in [-0.1, -0.05) is 5.21 Å². The van der Waals surface area contributed by atoms with Crippen molar-refractivity contribution in [2.24, 2.45) is 7.05 Å². The first-order valence-corrected chi connectivity index (χ1v) is 12.7. The van der Waals surface area contributed by atoms with Gasteiger partial charge in [-0.3, -0.25) is 14.3 Å². The number of halogens is 3. The van der Waals surface area contributed by atoms with Gasteiger partial charge in [-0.05, 0) is 18.2 Å². The fourth-order valence-corrected chi connectivity index (χ4v) is 5.67. The van der Waals surface area contributed by atoms with E-state index in [1.54, 1.807) is 23.0 Å². The lowest BCUT2D eigenvalue weighted by molar-refractivity contribution is -0.140. The Balaban J connectivity index is 1.28. The van der Waals surface area contributed by atoms with E-state index >= 15 is 0 Å². The Morgan fingerprint density at radius 2 is 2.13 bits per heavy atom. The first-order chi connectivity index (χ1) is 18.7. The average Bonchev–Trinajstić information content (AvgIpc) is 3.67. The molecule has 4 aromatic heterocycles. The van der Waals surface area contributed by atoms with E-state index in [2.05, 4.69) is 25.7 Å². The second-order valence-corrected chi connectivity index (χ2v) is 10.1. The normalized spacial score (nSPS) is 20.2. The first kappa shape index (κ1) is 25.2. The zero-order valence-corrected chi connectivity index (χ0v) is 21.2. The Kier molecular flexibility index (Phi) is 6.22. The molecule has 16 heteroatoms. The number of fused-ring (bicyclic) bond motifs is 5. The minimum atomic E-state index is -4.65. The number of likely N-dealkylation sites (tertiary alicyclic amines) is 1. The summed E-state index contributed by atoms with van der Waals surface area (Å²) in [5.74, 6) is -0.689. The zero-order valence-electron chi connectivity index (χ0n) is 20.4. The van der Waals surface area contributed by atoms with E-state index in [0.29, 0.717) is 12.2 Å². The third kappa shape index (κ3) is 4.80. The van der Waals surface area contributed by atoms with Crippen LogP contribution in [0.3, 0.4) is 0 Å². The highest BCUT2D eigenvalue weighted by Crippen LogP contribution is 2.38. The topological polar surface area (TPSA) is 129 Å². The van der Waals surface area contributed by atoms with Crippen molar-refractivity contribution in [2.45, 2.75) is 31.5 Å². The molecule has 1 fully saturated rings. The number of aromatic nitrogens is 6. The van der Waals surface area contributed by atoms with Crippen LogP contribution in [0.4, 0.5) is 13.2 Å². The van der Waals surface area contributed by atoms with Gasteiger partial charge in [-0.25, -0.2) is 9.67 Å². The minimum Gasteiger partial charge on any atom is -0.489 e. The molecule has 6 rings (SSSR count). The molecule has 12 nitrogen and oxygen atoms in total. The highest BCUT2D eigenvalue weighted by Gasteiger charge is 2.40. The van der Waals surface area contributed by atoms with Crippen LogP contribution in [-0.2, 0) is 31.1 Å². The number of carbonyl (C=O) groups is 2. The Morgan fingerprint density at radius 3 is 2.95 bits per heavy atom. The summed E-state index contributed by atoms with van der Waals surface area (Å²) < 4.78 is 54.9. The van der Waals surface area contributed by atoms with Gasteiger partial charge < -0.3 is 19.7 Å². The van der Waals surface area contributed by atoms with Gasteiger partial charge >= 0.3 is 6.18 Å². The van der Waals surface area contributed by atoms with Crippen molar-refractivity contribution in [1.82, 2.24) is 40.0 Å². The molecule has 2 amide bonds. The monoisotopic (exact) mass is 562 g/mol. The number of aryl methyl sites for hydroxylation is 1. The Morgan fingerprint density at radius 1 is 1.28 bits per heavy atom. The molecule has 2 aliphatic heterocycles. The van der Waals surface area contributed by atoms with Crippen LogP contribution in [0.15, 0.2) is 30.6 Å². The smallest absolute Gasteiger partial charge is 0.435 e. The molecule has 204 valence electrons. The first-order valence-electron chi connectivity index (χ1n) is 11.9. The predicted molar refractivity (Wildman–Crippen MR) is 129 cm³/mol. The van der Waals surface area contributed by atoms with Crippen molar-refractivity contribution in [1.29, 1.82) is 0 Å². The van der Waals surface area contributed by atoms with Crippen LogP contribution in [0.25, 0.3) is 10.2 Å². The molecular weight excluding hydrogens is 541 g/mol. The van der Waals surface area contributed by atoms with Gasteiger partial charge in [-0.2, -0.15) is 18.3 Å². The third-order valence-corrected chi connectivity index (χ3v) is 7.65. The van der Waals surface area contributed by atoms with Gasteiger partial charge in [0.2, 0.25) is 0 Å². The van der Waals surface area contributed by atoms with Crippen molar-refractivity contribution in [3.63, 3.8) is 0 Å². The largest absolute Gasteiger partial charge is 0.489 e. The summed E-state index contributed by atoms with van der Waals surface area (Å²) >= 11 is 0.927. The highest BCUT2D eigenvalue weighted by atomic mass is 32.1. The van der Waals surface area contributed by atoms with Crippen LogP contribution in [0.2, 0.25) is 0 Å². The van der Waals surface area contributed by atoms with Crippen molar-refractivity contribution in [2.75, 3.05) is 19.7 Å². The SMILES string of the molecule is Cn1nc(C(F)(F)F)c2cc(C(=O)N3C[C@@H]4NC(=O)c5ncccc5OCCn5cc(nn5)CO[C@H]4C3)sc21. The van der Waals surface area contributed by atoms with Crippen molar-refractivity contribution in [3.8, 4) is 5.75 Å². The number of ether oxygens (including phenoxy) is 2. The Hall–Kier alpha value is -4.05. The van der Waals surface area contributed by atoms with E-state index in [4.69, 9.17) is 9.47 Å². The molecule has 2 bridgehead atoms. The van der Waals surface area contributed by atoms with Crippen molar-refractivity contribution in [3.05, 3.63) is 52.6 Å². The third-order valence-electron chi connectivity index (χ3n) is 6.46. The molecule has 2 aliphatic rings. The van der Waals surface area contributed by atoms with Crippen molar-refractivity contribution < 1.29 is 32.2 Å². The standard InChI is InChI=1S/C23H21F3N8O4S/c1-32-22-13(19(30-32)23(24,25)26)7-17(39-22)21(36)33-9-14-16(10-33)38-11-12-8-34(31-29-12)5-6-37-15-3-2-4-27-18(15)20(35)28-14/h2-4,7-8,14,16H,5-6,9-11H2,1H3,(H,28,35)/t14-,16-/m0/s1. The number of amides is 2. The van der Waals surface area contributed by atoms with E-state index < -0.39 is 35.8 Å². The molecule has 6 heterocycles. The lowest BCUT2D eigenvalue weighted by Gasteiger charge is -2.20. The maximum Gasteiger partial charge on any atom is 0.435 e. The molecule has 0 unspecified atom stereocenters. The van der Waals surface area contributed by atoms with Gasteiger partial charge in [0, 0.05) is 31.7 Å². The number of carbonyl (C=O) groups excluding carboxylic acids is 2. The fraction of sp³-hybridized carbons (Fsp3) is 0.391. The molecule has 0 radical (unpaired) electrons. The van der Waals surface area contributed by atoms with Crippen LogP contribution in [0.5, 0.6) is 5.75 Å². The van der Waals surface area contributed by atoms with Gasteiger partial charge in [0.05, 0.1) is 36.4 Å². The molecule has 0 aliphatic carbocycles. The van der Waals surface area contributed by atoms with E-state index in [9.17, 15) is 22.8 Å². The number of nitrogens with zero attached hydrogens (tertiary/aromatic N) is 7. The molecule has 2 atom stereocenters. The second kappa shape index (κ2) is 9.60. The lowest BCUT2D eigenvalue weighted by atomic mass is 10.2. The van der Waals surface area contributed by atoms with Crippen LogP contribution < -0.4 is 10.1 Å². The summed E-state index contributed by atoms with van der Waals surface area (Å²) in [6, 6.07) is 3.86. The summed E-state index contributed by atoms with van der Waals surface area (Å²) in [6.07, 6.45) is -2.09. The van der Waals surface area contributed by atoms with Crippen LogP contribution in [-0.4, -0.2) is 78.3 Å². The number of nitrogens with one attached hydrogen (secondary N) is 1. The number of hydrogen-bond acceptors (Lipinski definition) is 9. The summed E-state index contributed by atoms with van der Waals surface area (Å²) in [7, 11) is 1.40. The van der Waals surface area contributed by atoms with Gasteiger partial charge in [0.25, 0.3) is 11.8 Å². The van der Waals surface area contributed by atoms with E-state index in [1.165, 1.54) is 24.2 Å². The summed E-state index contributed by atoms with van der Waals surface area (Å²) in [4.78, 5) is 32.6. The molecule has 0 aromatic carbocycles. The van der Waals surface area contributed by atoms with Gasteiger partial charge in [-0.15, -0.1) is 16.4 Å². The molecule has 1 saturated heterocycles. The minimum absolute atomic E-state index is 0.0730. The highest BCUT2D eigenvalue weighted by molar-refractivity contribution is 7.20. The molecule has 0 saturated carbocycles. The number of pyridine rings is 1. The Bertz CT molecular complexity index is 1560. The molecule has 0 spiro atoms. The second-order valence-electron chi connectivity index (χ2n) is 9.11. The summed E-state index contributed by atoms with van der Waals surface area (Å²) in [6.45, 7) is 0.868. The quantitative estimate of drug-likeness (QED) is 0.372. The number of thiophene rings is 1. The van der Waals surface area contributed by atoms with Gasteiger partial charge in [0.1, 0.15) is 17.1 Å². The molecule has 39 heavy (non-hydrogen) atoms.